The SMILES string of the molecule is CC(=O)SC(c1ccccc1)c1cc(C)c(O)c(C)c1. The van der Waals surface area contributed by atoms with Crippen molar-refractivity contribution in [2.24, 2.45) is 0 Å². The van der Waals surface area contributed by atoms with Gasteiger partial charge < -0.3 is 5.11 Å². The second-order valence-corrected chi connectivity index (χ2v) is 6.19. The van der Waals surface area contributed by atoms with Gasteiger partial charge in [-0.05, 0) is 36.1 Å². The highest BCUT2D eigenvalue weighted by atomic mass is 32.2. The molecule has 2 nitrogen and oxygen atoms in total. The summed E-state index contributed by atoms with van der Waals surface area (Å²) in [5.41, 5.74) is 3.82. The van der Waals surface area contributed by atoms with Crippen molar-refractivity contribution in [1.82, 2.24) is 0 Å². The third kappa shape index (κ3) is 3.23. The molecule has 0 saturated heterocycles. The molecule has 0 bridgehead atoms. The molecule has 0 aromatic heterocycles. The monoisotopic (exact) mass is 286 g/mol. The minimum absolute atomic E-state index is 0.0355. The van der Waals surface area contributed by atoms with E-state index in [1.807, 2.05) is 56.3 Å². The molecule has 0 spiro atoms. The predicted molar refractivity (Wildman–Crippen MR) is 84.1 cm³/mol. The Bertz CT molecular complexity index is 597. The summed E-state index contributed by atoms with van der Waals surface area (Å²) in [4.78, 5) is 11.6. The van der Waals surface area contributed by atoms with Gasteiger partial charge in [0.25, 0.3) is 0 Å². The van der Waals surface area contributed by atoms with Crippen molar-refractivity contribution in [2.75, 3.05) is 0 Å². The molecule has 0 fully saturated rings. The van der Waals surface area contributed by atoms with Crippen LogP contribution >= 0.6 is 11.8 Å². The zero-order chi connectivity index (χ0) is 14.7. The standard InChI is InChI=1S/C17H18O2S/c1-11-9-15(10-12(2)16(11)19)17(20-13(3)18)14-7-5-4-6-8-14/h4-10,17,19H,1-3H3. The number of rotatable bonds is 3. The van der Waals surface area contributed by atoms with Crippen molar-refractivity contribution in [1.29, 1.82) is 0 Å². The molecule has 1 N–H and O–H groups in total. The smallest absolute Gasteiger partial charge is 0.186 e. The van der Waals surface area contributed by atoms with Crippen LogP contribution in [-0.2, 0) is 4.79 Å². The maximum Gasteiger partial charge on any atom is 0.186 e. The summed E-state index contributed by atoms with van der Waals surface area (Å²) in [6.07, 6.45) is 0. The number of aryl methyl sites for hydroxylation is 2. The quantitative estimate of drug-likeness (QED) is 0.910. The number of hydrogen-bond donors (Lipinski definition) is 1. The molecule has 0 aliphatic rings. The van der Waals surface area contributed by atoms with Gasteiger partial charge in [-0.25, -0.2) is 0 Å². The molecule has 1 atom stereocenters. The van der Waals surface area contributed by atoms with Gasteiger partial charge in [-0.1, -0.05) is 54.2 Å². The van der Waals surface area contributed by atoms with Gasteiger partial charge in [-0.3, -0.25) is 4.79 Å². The van der Waals surface area contributed by atoms with E-state index in [2.05, 4.69) is 0 Å². The van der Waals surface area contributed by atoms with Crippen molar-refractivity contribution in [2.45, 2.75) is 26.0 Å². The van der Waals surface area contributed by atoms with E-state index >= 15 is 0 Å². The van der Waals surface area contributed by atoms with E-state index in [0.29, 0.717) is 5.75 Å². The molecule has 20 heavy (non-hydrogen) atoms. The molecule has 2 aromatic carbocycles. The number of aromatic hydroxyl groups is 1. The van der Waals surface area contributed by atoms with Crippen LogP contribution in [0, 0.1) is 13.8 Å². The number of carbonyl (C=O) groups excluding carboxylic acids is 1. The number of phenols is 1. The van der Waals surface area contributed by atoms with Crippen LogP contribution in [0.5, 0.6) is 5.75 Å². The van der Waals surface area contributed by atoms with Crippen LogP contribution in [0.3, 0.4) is 0 Å². The maximum absolute atomic E-state index is 11.6. The van der Waals surface area contributed by atoms with Gasteiger partial charge in [0.2, 0.25) is 0 Å². The lowest BCUT2D eigenvalue weighted by Gasteiger charge is -2.18. The molecule has 2 aromatic rings. The summed E-state index contributed by atoms with van der Waals surface area (Å²) in [5, 5.41) is 9.94. The zero-order valence-electron chi connectivity index (χ0n) is 11.9. The molecule has 0 heterocycles. The van der Waals surface area contributed by atoms with E-state index in [0.717, 1.165) is 22.3 Å². The normalized spacial score (nSPS) is 12.2. The van der Waals surface area contributed by atoms with Gasteiger partial charge in [-0.2, -0.15) is 0 Å². The van der Waals surface area contributed by atoms with E-state index in [1.54, 1.807) is 6.92 Å². The van der Waals surface area contributed by atoms with Gasteiger partial charge in [0.05, 0.1) is 5.25 Å². The summed E-state index contributed by atoms with van der Waals surface area (Å²) >= 11 is 1.31. The summed E-state index contributed by atoms with van der Waals surface area (Å²) in [6.45, 7) is 5.35. The second-order valence-electron chi connectivity index (χ2n) is 4.90. The maximum atomic E-state index is 11.6. The van der Waals surface area contributed by atoms with Gasteiger partial charge in [-0.15, -0.1) is 0 Å². The number of thioether (sulfide) groups is 1. The van der Waals surface area contributed by atoms with E-state index in [1.165, 1.54) is 11.8 Å². The number of carbonyl (C=O) groups is 1. The molecule has 1 unspecified atom stereocenters. The fourth-order valence-corrected chi connectivity index (χ4v) is 3.16. The molecule has 0 saturated carbocycles. The highest BCUT2D eigenvalue weighted by molar-refractivity contribution is 8.13. The minimum Gasteiger partial charge on any atom is -0.507 e. The molecular formula is C17H18O2S. The fourth-order valence-electron chi connectivity index (χ4n) is 2.26. The van der Waals surface area contributed by atoms with Crippen molar-refractivity contribution >= 4 is 16.9 Å². The summed E-state index contributed by atoms with van der Waals surface area (Å²) in [6, 6.07) is 13.9. The lowest BCUT2D eigenvalue weighted by atomic mass is 9.99. The highest BCUT2D eigenvalue weighted by Gasteiger charge is 2.18. The fraction of sp³-hybridized carbons (Fsp3) is 0.235. The predicted octanol–water partition coefficient (Wildman–Crippen LogP) is 4.38. The van der Waals surface area contributed by atoms with Crippen LogP contribution in [0.2, 0.25) is 0 Å². The van der Waals surface area contributed by atoms with Crippen LogP contribution in [0.4, 0.5) is 0 Å². The molecule has 0 aliphatic heterocycles. The average molecular weight is 286 g/mol. The van der Waals surface area contributed by atoms with Crippen LogP contribution in [0.25, 0.3) is 0 Å². The third-order valence-electron chi connectivity index (χ3n) is 3.20. The Morgan fingerprint density at radius 1 is 1.05 bits per heavy atom. The minimum atomic E-state index is -0.0355. The number of benzene rings is 2. The van der Waals surface area contributed by atoms with Gasteiger partial charge in [0.1, 0.15) is 5.75 Å². The highest BCUT2D eigenvalue weighted by Crippen LogP contribution is 2.38. The molecule has 3 heteroatoms. The second kappa shape index (κ2) is 6.14. The van der Waals surface area contributed by atoms with Crippen molar-refractivity contribution in [3.05, 3.63) is 64.7 Å². The lowest BCUT2D eigenvalue weighted by Crippen LogP contribution is -2.01. The van der Waals surface area contributed by atoms with E-state index in [-0.39, 0.29) is 10.4 Å². The molecule has 2 rings (SSSR count). The van der Waals surface area contributed by atoms with E-state index in [4.69, 9.17) is 0 Å². The largest absolute Gasteiger partial charge is 0.507 e. The Labute approximate surface area is 123 Å². The van der Waals surface area contributed by atoms with E-state index < -0.39 is 0 Å². The van der Waals surface area contributed by atoms with Crippen molar-refractivity contribution < 1.29 is 9.90 Å². The summed E-state index contributed by atoms with van der Waals surface area (Å²) < 4.78 is 0. The Morgan fingerprint density at radius 3 is 2.10 bits per heavy atom. The lowest BCUT2D eigenvalue weighted by molar-refractivity contribution is -0.109. The van der Waals surface area contributed by atoms with Gasteiger partial charge in [0, 0.05) is 6.92 Å². The first-order valence-corrected chi connectivity index (χ1v) is 7.39. The first-order valence-electron chi connectivity index (χ1n) is 6.51. The zero-order valence-corrected chi connectivity index (χ0v) is 12.7. The van der Waals surface area contributed by atoms with Crippen LogP contribution in [-0.4, -0.2) is 10.2 Å². The molecule has 0 aliphatic carbocycles. The molecule has 104 valence electrons. The van der Waals surface area contributed by atoms with Crippen LogP contribution in [0.15, 0.2) is 42.5 Å². The Hall–Kier alpha value is -1.74. The third-order valence-corrected chi connectivity index (χ3v) is 4.31. The topological polar surface area (TPSA) is 37.3 Å². The summed E-state index contributed by atoms with van der Waals surface area (Å²) in [7, 11) is 0. The van der Waals surface area contributed by atoms with Crippen LogP contribution < -0.4 is 0 Å². The number of phenolic OH excluding ortho intramolecular Hbond substituents is 1. The first kappa shape index (κ1) is 14.7. The Morgan fingerprint density at radius 2 is 1.60 bits per heavy atom. The summed E-state index contributed by atoms with van der Waals surface area (Å²) in [5.74, 6) is 0.327. The van der Waals surface area contributed by atoms with Gasteiger partial charge >= 0.3 is 0 Å². The first-order chi connectivity index (χ1) is 9.49. The van der Waals surface area contributed by atoms with Crippen LogP contribution in [0.1, 0.15) is 34.4 Å². The molecular weight excluding hydrogens is 268 g/mol. The van der Waals surface area contributed by atoms with Crippen molar-refractivity contribution in [3.8, 4) is 5.75 Å². The molecule has 0 radical (unpaired) electrons. The Balaban J connectivity index is 2.49. The Kier molecular flexibility index (Phi) is 4.50. The molecule has 0 amide bonds. The van der Waals surface area contributed by atoms with Crippen molar-refractivity contribution in [3.63, 3.8) is 0 Å². The number of hydrogen-bond acceptors (Lipinski definition) is 3. The average Bonchev–Trinajstić information content (AvgIpc) is 2.42. The van der Waals surface area contributed by atoms with E-state index in [9.17, 15) is 9.90 Å². The van der Waals surface area contributed by atoms with Gasteiger partial charge in [0.15, 0.2) is 5.12 Å².